The highest BCUT2D eigenvalue weighted by Crippen LogP contribution is 2.17. The van der Waals surface area contributed by atoms with Crippen LogP contribution in [0.5, 0.6) is 0 Å². The molecule has 0 aliphatic rings. The monoisotopic (exact) mass is 800 g/mol. The summed E-state index contributed by atoms with van der Waals surface area (Å²) in [5.41, 5.74) is 0. The topological polar surface area (TPSA) is 69.6 Å². The second-order valence-electron chi connectivity index (χ2n) is 17.6. The molecule has 0 heterocycles. The van der Waals surface area contributed by atoms with Crippen molar-refractivity contribution in [2.75, 3.05) is 6.61 Å². The summed E-state index contributed by atoms with van der Waals surface area (Å²) in [4.78, 5) is 12.4. The van der Waals surface area contributed by atoms with Crippen molar-refractivity contribution in [2.24, 2.45) is 0 Å². The fourth-order valence-electron chi connectivity index (χ4n) is 7.92. The van der Waals surface area contributed by atoms with Crippen LogP contribution < -0.4 is 5.32 Å². The third kappa shape index (κ3) is 45.5. The Kier molecular flexibility index (Phi) is 47.8. The molecule has 0 saturated carbocycles. The maximum atomic E-state index is 12.4. The number of allylic oxidation sites excluding steroid dienone is 5. The number of amides is 1. The molecule has 0 fully saturated rings. The third-order valence-electron chi connectivity index (χ3n) is 11.9. The lowest BCUT2D eigenvalue weighted by Crippen LogP contribution is -2.45. The first kappa shape index (κ1) is 55.6. The SMILES string of the molecule is CCCCCCC/C=C/CC/C=C/CC/C=C/C(O)C(CO)NC(=O)CCCCCCCCCCCCCCCCCCCCCCCCCCCCCCCC. The quantitative estimate of drug-likeness (QED) is 0.0424. The van der Waals surface area contributed by atoms with Crippen molar-refractivity contribution in [3.63, 3.8) is 0 Å². The average Bonchev–Trinajstić information content (AvgIpc) is 3.22. The Morgan fingerprint density at radius 2 is 0.684 bits per heavy atom. The number of hydrogen-bond donors (Lipinski definition) is 3. The first-order chi connectivity index (χ1) is 28.2. The van der Waals surface area contributed by atoms with Crippen LogP contribution in [-0.2, 0) is 4.79 Å². The molecule has 0 bridgehead atoms. The highest BCUT2D eigenvalue weighted by molar-refractivity contribution is 5.76. The van der Waals surface area contributed by atoms with Crippen LogP contribution >= 0.6 is 0 Å². The van der Waals surface area contributed by atoms with Crippen molar-refractivity contribution in [3.8, 4) is 0 Å². The molecule has 336 valence electrons. The summed E-state index contributed by atoms with van der Waals surface area (Å²) < 4.78 is 0. The van der Waals surface area contributed by atoms with E-state index in [0.29, 0.717) is 6.42 Å². The Bertz CT molecular complexity index is 866. The maximum absolute atomic E-state index is 12.4. The second-order valence-corrected chi connectivity index (χ2v) is 17.6. The van der Waals surface area contributed by atoms with Crippen LogP contribution in [0.1, 0.15) is 277 Å². The van der Waals surface area contributed by atoms with Crippen molar-refractivity contribution in [2.45, 2.75) is 289 Å². The molecule has 0 aliphatic heterocycles. The lowest BCUT2D eigenvalue weighted by atomic mass is 10.0. The molecule has 0 saturated heterocycles. The summed E-state index contributed by atoms with van der Waals surface area (Å²) in [6, 6.07) is -0.642. The van der Waals surface area contributed by atoms with Crippen molar-refractivity contribution >= 4 is 5.91 Å². The summed E-state index contributed by atoms with van der Waals surface area (Å²) in [6.07, 6.45) is 65.8. The van der Waals surface area contributed by atoms with Crippen LogP contribution in [0.15, 0.2) is 36.5 Å². The summed E-state index contributed by atoms with van der Waals surface area (Å²) in [6.45, 7) is 4.30. The minimum atomic E-state index is -0.867. The zero-order valence-electron chi connectivity index (χ0n) is 38.6. The van der Waals surface area contributed by atoms with E-state index in [2.05, 4.69) is 43.5 Å². The first-order valence-electron chi connectivity index (χ1n) is 25.7. The molecule has 0 aromatic carbocycles. The molecule has 4 heteroatoms. The van der Waals surface area contributed by atoms with Gasteiger partial charge in [-0.15, -0.1) is 0 Å². The predicted molar refractivity (Wildman–Crippen MR) is 253 cm³/mol. The lowest BCUT2D eigenvalue weighted by Gasteiger charge is -2.19. The molecule has 2 unspecified atom stereocenters. The minimum absolute atomic E-state index is 0.0739. The summed E-state index contributed by atoms with van der Waals surface area (Å²) in [5.74, 6) is -0.0739. The normalized spacial score (nSPS) is 13.1. The van der Waals surface area contributed by atoms with Crippen molar-refractivity contribution < 1.29 is 15.0 Å². The Morgan fingerprint density at radius 3 is 1.02 bits per heavy atom. The third-order valence-corrected chi connectivity index (χ3v) is 11.9. The summed E-state index contributed by atoms with van der Waals surface area (Å²) in [7, 11) is 0. The molecule has 57 heavy (non-hydrogen) atoms. The fraction of sp³-hybridized carbons (Fsp3) is 0.868. The van der Waals surface area contributed by atoms with Gasteiger partial charge >= 0.3 is 0 Å². The summed E-state index contributed by atoms with van der Waals surface area (Å²) >= 11 is 0. The number of carbonyl (C=O) groups excluding carboxylic acids is 1. The van der Waals surface area contributed by atoms with E-state index >= 15 is 0 Å². The van der Waals surface area contributed by atoms with Gasteiger partial charge in [0.2, 0.25) is 5.91 Å². The van der Waals surface area contributed by atoms with Gasteiger partial charge in [-0.3, -0.25) is 4.79 Å². The number of aliphatic hydroxyl groups excluding tert-OH is 2. The highest BCUT2D eigenvalue weighted by atomic mass is 16.3. The van der Waals surface area contributed by atoms with E-state index in [1.807, 2.05) is 6.08 Å². The van der Waals surface area contributed by atoms with E-state index in [1.54, 1.807) is 6.08 Å². The van der Waals surface area contributed by atoms with Gasteiger partial charge in [-0.05, 0) is 44.9 Å². The Balaban J connectivity index is 3.46. The molecule has 0 aliphatic carbocycles. The minimum Gasteiger partial charge on any atom is -0.394 e. The van der Waals surface area contributed by atoms with E-state index in [-0.39, 0.29) is 12.5 Å². The van der Waals surface area contributed by atoms with Crippen LogP contribution in [0.3, 0.4) is 0 Å². The molecule has 4 nitrogen and oxygen atoms in total. The molecular formula is C53H101NO3. The smallest absolute Gasteiger partial charge is 0.220 e. The second kappa shape index (κ2) is 49.0. The van der Waals surface area contributed by atoms with Crippen LogP contribution in [0.25, 0.3) is 0 Å². The van der Waals surface area contributed by atoms with Gasteiger partial charge in [0.05, 0.1) is 18.8 Å². The molecule has 0 aromatic heterocycles. The van der Waals surface area contributed by atoms with Gasteiger partial charge in [-0.25, -0.2) is 0 Å². The molecule has 0 spiro atoms. The number of nitrogens with one attached hydrogen (secondary N) is 1. The number of hydrogen-bond acceptors (Lipinski definition) is 3. The molecule has 2 atom stereocenters. The number of aliphatic hydroxyl groups is 2. The van der Waals surface area contributed by atoms with Crippen molar-refractivity contribution in [1.82, 2.24) is 5.32 Å². The zero-order valence-corrected chi connectivity index (χ0v) is 38.6. The van der Waals surface area contributed by atoms with Gasteiger partial charge < -0.3 is 15.5 Å². The van der Waals surface area contributed by atoms with Crippen molar-refractivity contribution in [3.05, 3.63) is 36.5 Å². The Hall–Kier alpha value is -1.39. The Morgan fingerprint density at radius 1 is 0.404 bits per heavy atom. The zero-order chi connectivity index (χ0) is 41.4. The van der Waals surface area contributed by atoms with E-state index in [4.69, 9.17) is 0 Å². The van der Waals surface area contributed by atoms with Crippen LogP contribution in [0, 0.1) is 0 Å². The van der Waals surface area contributed by atoms with Gasteiger partial charge in [0.15, 0.2) is 0 Å². The standard InChI is InChI=1S/C53H101NO3/c1-3-5-7-9-11-13-15-17-19-20-21-22-23-24-25-26-27-28-29-30-31-32-33-35-37-39-41-43-45-47-49-53(57)54-51(50-55)52(56)48-46-44-42-40-38-36-34-18-16-14-12-10-8-6-4-2/h16,18,38,40,46,48,51-52,55-56H,3-15,17,19-37,39,41-45,47,49-50H2,1-2H3,(H,54,57)/b18-16+,40-38+,48-46+. The first-order valence-corrected chi connectivity index (χ1v) is 25.7. The number of rotatable bonds is 47. The van der Waals surface area contributed by atoms with Gasteiger partial charge in [0.1, 0.15) is 0 Å². The van der Waals surface area contributed by atoms with E-state index in [0.717, 1.165) is 38.5 Å². The summed E-state index contributed by atoms with van der Waals surface area (Å²) in [5, 5.41) is 23.0. The number of carbonyl (C=O) groups is 1. The number of unbranched alkanes of at least 4 members (excludes halogenated alkanes) is 36. The lowest BCUT2D eigenvalue weighted by molar-refractivity contribution is -0.123. The van der Waals surface area contributed by atoms with Crippen LogP contribution in [0.2, 0.25) is 0 Å². The molecule has 0 rings (SSSR count). The fourth-order valence-corrected chi connectivity index (χ4v) is 7.92. The molecular weight excluding hydrogens is 699 g/mol. The molecule has 1 amide bonds. The predicted octanol–water partition coefficient (Wildman–Crippen LogP) is 16.5. The Labute approximate surface area is 357 Å². The van der Waals surface area contributed by atoms with Gasteiger partial charge in [-0.2, -0.15) is 0 Å². The van der Waals surface area contributed by atoms with Gasteiger partial charge in [0, 0.05) is 6.42 Å². The van der Waals surface area contributed by atoms with Crippen LogP contribution in [0.4, 0.5) is 0 Å². The van der Waals surface area contributed by atoms with Gasteiger partial charge in [0.25, 0.3) is 0 Å². The van der Waals surface area contributed by atoms with E-state index < -0.39 is 12.1 Å². The average molecular weight is 800 g/mol. The molecule has 0 radical (unpaired) electrons. The van der Waals surface area contributed by atoms with Crippen LogP contribution in [-0.4, -0.2) is 34.9 Å². The highest BCUT2D eigenvalue weighted by Gasteiger charge is 2.17. The maximum Gasteiger partial charge on any atom is 0.220 e. The largest absolute Gasteiger partial charge is 0.394 e. The molecule has 0 aromatic rings. The molecule has 3 N–H and O–H groups in total. The van der Waals surface area contributed by atoms with E-state index in [1.165, 1.54) is 218 Å². The van der Waals surface area contributed by atoms with Gasteiger partial charge in [-0.1, -0.05) is 262 Å². The van der Waals surface area contributed by atoms with E-state index in [9.17, 15) is 15.0 Å². The van der Waals surface area contributed by atoms with Crippen molar-refractivity contribution in [1.29, 1.82) is 0 Å².